The molecular weight excluding hydrogens is 270 g/mol. The van der Waals surface area contributed by atoms with Gasteiger partial charge in [0.05, 0.1) is 11.1 Å². The average Bonchev–Trinajstić information content (AvgIpc) is 2.93. The first-order chi connectivity index (χ1) is 9.90. The Kier molecular flexibility index (Phi) is 2.97. The highest BCUT2D eigenvalue weighted by Crippen LogP contribution is 2.35. The van der Waals surface area contributed by atoms with Crippen molar-refractivity contribution in [1.29, 1.82) is 0 Å². The van der Waals surface area contributed by atoms with Gasteiger partial charge in [0.25, 0.3) is 0 Å². The molecule has 3 rings (SSSR count). The van der Waals surface area contributed by atoms with Crippen LogP contribution in [0.4, 0.5) is 16.2 Å². The summed E-state index contributed by atoms with van der Waals surface area (Å²) in [6.07, 6.45) is 0.224. The highest BCUT2D eigenvalue weighted by Gasteiger charge is 2.45. The smallest absolute Gasteiger partial charge is 0.321 e. The molecule has 2 fully saturated rings. The summed E-state index contributed by atoms with van der Waals surface area (Å²) in [5.41, 5.74) is 0.663. The van der Waals surface area contributed by atoms with Gasteiger partial charge in [-0.1, -0.05) is 13.8 Å². The molecule has 0 unspecified atom stereocenters. The van der Waals surface area contributed by atoms with Crippen LogP contribution in [0.2, 0.25) is 0 Å². The quantitative estimate of drug-likeness (QED) is 0.838. The summed E-state index contributed by atoms with van der Waals surface area (Å²) in [7, 11) is 0. The van der Waals surface area contributed by atoms with Crippen molar-refractivity contribution in [2.45, 2.75) is 20.3 Å². The molecule has 21 heavy (non-hydrogen) atoms. The Hall–Kier alpha value is -2.37. The Balaban J connectivity index is 1.86. The number of hydrogen-bond donors (Lipinski definition) is 1. The molecule has 2 saturated heterocycles. The number of rotatable bonds is 2. The van der Waals surface area contributed by atoms with E-state index in [1.54, 1.807) is 43.0 Å². The van der Waals surface area contributed by atoms with E-state index in [1.165, 1.54) is 4.90 Å². The third-order valence-corrected chi connectivity index (χ3v) is 3.90. The molecule has 6 heteroatoms. The number of carbonyl (C=O) groups excluding carboxylic acids is 3. The molecule has 0 aliphatic carbocycles. The van der Waals surface area contributed by atoms with E-state index in [4.69, 9.17) is 0 Å². The summed E-state index contributed by atoms with van der Waals surface area (Å²) in [5, 5.41) is 2.73. The molecule has 6 nitrogen and oxygen atoms in total. The average molecular weight is 287 g/mol. The Morgan fingerprint density at radius 3 is 2.14 bits per heavy atom. The second kappa shape index (κ2) is 4.58. The van der Waals surface area contributed by atoms with E-state index in [9.17, 15) is 14.4 Å². The van der Waals surface area contributed by atoms with E-state index < -0.39 is 5.41 Å². The SMILES string of the molecule is CC1(C)CC(=O)N(c2ccc(N3CCNC3=O)cc2)C1=O. The fourth-order valence-electron chi connectivity index (χ4n) is 2.71. The minimum absolute atomic E-state index is 0.128. The zero-order valence-corrected chi connectivity index (χ0v) is 12.0. The van der Waals surface area contributed by atoms with Gasteiger partial charge in [-0.05, 0) is 24.3 Å². The van der Waals surface area contributed by atoms with E-state index in [1.807, 2.05) is 0 Å². The molecule has 2 aliphatic heterocycles. The van der Waals surface area contributed by atoms with Gasteiger partial charge in [-0.15, -0.1) is 0 Å². The number of benzene rings is 1. The van der Waals surface area contributed by atoms with Crippen molar-refractivity contribution < 1.29 is 14.4 Å². The van der Waals surface area contributed by atoms with Crippen LogP contribution >= 0.6 is 0 Å². The predicted molar refractivity (Wildman–Crippen MR) is 78.1 cm³/mol. The maximum absolute atomic E-state index is 12.3. The summed E-state index contributed by atoms with van der Waals surface area (Å²) >= 11 is 0. The van der Waals surface area contributed by atoms with Gasteiger partial charge in [0.1, 0.15) is 0 Å². The second-order valence-electron chi connectivity index (χ2n) is 5.99. The summed E-state index contributed by atoms with van der Waals surface area (Å²) in [6.45, 7) is 4.79. The van der Waals surface area contributed by atoms with Crippen molar-refractivity contribution in [2.24, 2.45) is 5.41 Å². The lowest BCUT2D eigenvalue weighted by atomic mass is 9.92. The van der Waals surface area contributed by atoms with Crippen molar-refractivity contribution in [3.8, 4) is 0 Å². The molecule has 2 heterocycles. The molecule has 2 aliphatic rings. The number of carbonyl (C=O) groups is 3. The van der Waals surface area contributed by atoms with E-state index >= 15 is 0 Å². The molecule has 1 N–H and O–H groups in total. The van der Waals surface area contributed by atoms with Crippen LogP contribution in [0.25, 0.3) is 0 Å². The molecule has 0 bridgehead atoms. The molecule has 0 spiro atoms. The topological polar surface area (TPSA) is 69.7 Å². The lowest BCUT2D eigenvalue weighted by Gasteiger charge is -2.19. The van der Waals surface area contributed by atoms with Crippen molar-refractivity contribution >= 4 is 29.2 Å². The van der Waals surface area contributed by atoms with E-state index in [0.29, 0.717) is 18.8 Å². The standard InChI is InChI=1S/C15H17N3O3/c1-15(2)9-12(19)18(13(15)20)11-5-3-10(4-6-11)17-8-7-16-14(17)21/h3-6H,7-9H2,1-2H3,(H,16,21). The van der Waals surface area contributed by atoms with Crippen LogP contribution in [-0.4, -0.2) is 30.9 Å². The fraction of sp³-hybridized carbons (Fsp3) is 0.400. The third-order valence-electron chi connectivity index (χ3n) is 3.90. The van der Waals surface area contributed by atoms with Crippen LogP contribution in [0.5, 0.6) is 0 Å². The Bertz CT molecular complexity index is 622. The van der Waals surface area contributed by atoms with Crippen LogP contribution in [0.3, 0.4) is 0 Å². The van der Waals surface area contributed by atoms with Crippen molar-refractivity contribution in [2.75, 3.05) is 22.9 Å². The Labute approximate surface area is 122 Å². The summed E-state index contributed by atoms with van der Waals surface area (Å²) in [5.74, 6) is -0.365. The number of urea groups is 1. The Morgan fingerprint density at radius 2 is 1.67 bits per heavy atom. The van der Waals surface area contributed by atoms with Gasteiger partial charge in [-0.2, -0.15) is 0 Å². The van der Waals surface area contributed by atoms with Crippen LogP contribution in [-0.2, 0) is 9.59 Å². The molecule has 0 aromatic heterocycles. The first-order valence-corrected chi connectivity index (χ1v) is 6.93. The lowest BCUT2D eigenvalue weighted by molar-refractivity contribution is -0.124. The molecule has 0 radical (unpaired) electrons. The third kappa shape index (κ3) is 2.16. The first kappa shape index (κ1) is 13.6. The van der Waals surface area contributed by atoms with E-state index in [-0.39, 0.29) is 24.3 Å². The maximum Gasteiger partial charge on any atom is 0.321 e. The molecule has 1 aromatic carbocycles. The minimum atomic E-state index is -0.648. The molecule has 1 aromatic rings. The van der Waals surface area contributed by atoms with Crippen LogP contribution in [0, 0.1) is 5.41 Å². The zero-order valence-electron chi connectivity index (χ0n) is 12.0. The lowest BCUT2D eigenvalue weighted by Crippen LogP contribution is -2.33. The van der Waals surface area contributed by atoms with Gasteiger partial charge in [-0.3, -0.25) is 19.4 Å². The molecular formula is C15H17N3O3. The van der Waals surface area contributed by atoms with Gasteiger partial charge >= 0.3 is 6.03 Å². The molecule has 0 atom stereocenters. The highest BCUT2D eigenvalue weighted by molar-refractivity contribution is 6.22. The summed E-state index contributed by atoms with van der Waals surface area (Å²) in [6, 6.07) is 6.80. The number of imide groups is 1. The number of anilines is 2. The minimum Gasteiger partial charge on any atom is -0.336 e. The summed E-state index contributed by atoms with van der Waals surface area (Å²) < 4.78 is 0. The van der Waals surface area contributed by atoms with Crippen LogP contribution in [0.15, 0.2) is 24.3 Å². The highest BCUT2D eigenvalue weighted by atomic mass is 16.2. The number of amides is 4. The maximum atomic E-state index is 12.3. The van der Waals surface area contributed by atoms with Crippen LogP contribution in [0.1, 0.15) is 20.3 Å². The van der Waals surface area contributed by atoms with E-state index in [2.05, 4.69) is 5.32 Å². The van der Waals surface area contributed by atoms with E-state index in [0.717, 1.165) is 5.69 Å². The number of nitrogens with one attached hydrogen (secondary N) is 1. The predicted octanol–water partition coefficient (Wildman–Crippen LogP) is 1.51. The second-order valence-corrected chi connectivity index (χ2v) is 5.99. The van der Waals surface area contributed by atoms with Crippen molar-refractivity contribution in [1.82, 2.24) is 5.32 Å². The fourth-order valence-corrected chi connectivity index (χ4v) is 2.71. The van der Waals surface area contributed by atoms with Crippen molar-refractivity contribution in [3.05, 3.63) is 24.3 Å². The zero-order chi connectivity index (χ0) is 15.2. The monoisotopic (exact) mass is 287 g/mol. The summed E-state index contributed by atoms with van der Waals surface area (Å²) in [4.78, 5) is 38.7. The van der Waals surface area contributed by atoms with Gasteiger partial charge in [0.15, 0.2) is 0 Å². The Morgan fingerprint density at radius 1 is 1.05 bits per heavy atom. The normalized spacial score (nSPS) is 21.1. The largest absolute Gasteiger partial charge is 0.336 e. The first-order valence-electron chi connectivity index (χ1n) is 6.93. The molecule has 110 valence electrons. The van der Waals surface area contributed by atoms with Gasteiger partial charge in [0, 0.05) is 25.2 Å². The van der Waals surface area contributed by atoms with Crippen LogP contribution < -0.4 is 15.1 Å². The molecule has 0 saturated carbocycles. The van der Waals surface area contributed by atoms with Gasteiger partial charge in [-0.25, -0.2) is 4.79 Å². The number of nitrogens with zero attached hydrogens (tertiary/aromatic N) is 2. The van der Waals surface area contributed by atoms with Crippen molar-refractivity contribution in [3.63, 3.8) is 0 Å². The molecule has 4 amide bonds. The van der Waals surface area contributed by atoms with Gasteiger partial charge < -0.3 is 5.32 Å². The number of hydrogen-bond acceptors (Lipinski definition) is 3. The van der Waals surface area contributed by atoms with Gasteiger partial charge in [0.2, 0.25) is 11.8 Å².